The maximum absolute atomic E-state index is 11.9. The van der Waals surface area contributed by atoms with Gasteiger partial charge in [0.2, 0.25) is 5.91 Å². The number of aromatic nitrogens is 1. The van der Waals surface area contributed by atoms with Gasteiger partial charge in [0.1, 0.15) is 11.9 Å². The first-order chi connectivity index (χ1) is 7.77. The standard InChI is InChI=1S/C11H15N3O2/c1-8-10(13-6-7-16-8)11(15)14-9-4-2-3-5-12-9/h2-5,8,10,13H,6-7H2,1H3,(H,12,14,15)/t8-,10+/m1/s1. The average Bonchev–Trinajstić information content (AvgIpc) is 2.31. The van der Waals surface area contributed by atoms with Crippen LogP contribution in [0.3, 0.4) is 0 Å². The molecule has 5 heteroatoms. The van der Waals surface area contributed by atoms with E-state index in [9.17, 15) is 4.79 Å². The highest BCUT2D eigenvalue weighted by Crippen LogP contribution is 2.07. The molecule has 0 unspecified atom stereocenters. The fourth-order valence-electron chi connectivity index (χ4n) is 1.67. The zero-order chi connectivity index (χ0) is 11.4. The number of morpholine rings is 1. The molecule has 1 saturated heterocycles. The highest BCUT2D eigenvalue weighted by Gasteiger charge is 2.28. The summed E-state index contributed by atoms with van der Waals surface area (Å²) in [6.07, 6.45) is 1.53. The lowest BCUT2D eigenvalue weighted by Gasteiger charge is -2.29. The van der Waals surface area contributed by atoms with E-state index in [0.29, 0.717) is 19.0 Å². The third-order valence-corrected chi connectivity index (χ3v) is 2.52. The number of hydrogen-bond donors (Lipinski definition) is 2. The lowest BCUT2D eigenvalue weighted by atomic mass is 10.1. The van der Waals surface area contributed by atoms with Crippen LogP contribution in [-0.4, -0.2) is 36.2 Å². The highest BCUT2D eigenvalue weighted by molar-refractivity contribution is 5.94. The van der Waals surface area contributed by atoms with Gasteiger partial charge in [0.25, 0.3) is 0 Å². The molecule has 0 aliphatic carbocycles. The summed E-state index contributed by atoms with van der Waals surface area (Å²) < 4.78 is 5.41. The normalized spacial score (nSPS) is 25.1. The van der Waals surface area contributed by atoms with Crippen LogP contribution in [0.25, 0.3) is 0 Å². The number of carbonyl (C=O) groups is 1. The van der Waals surface area contributed by atoms with Crippen LogP contribution in [0.15, 0.2) is 24.4 Å². The molecule has 2 N–H and O–H groups in total. The minimum Gasteiger partial charge on any atom is -0.375 e. The highest BCUT2D eigenvalue weighted by atomic mass is 16.5. The molecule has 1 fully saturated rings. The smallest absolute Gasteiger partial charge is 0.245 e. The maximum atomic E-state index is 11.9. The topological polar surface area (TPSA) is 63.2 Å². The van der Waals surface area contributed by atoms with Crippen molar-refractivity contribution in [3.63, 3.8) is 0 Å². The number of pyridine rings is 1. The van der Waals surface area contributed by atoms with Crippen LogP contribution in [0.1, 0.15) is 6.92 Å². The van der Waals surface area contributed by atoms with Gasteiger partial charge in [-0.15, -0.1) is 0 Å². The second kappa shape index (κ2) is 5.05. The molecule has 0 spiro atoms. The first-order valence-corrected chi connectivity index (χ1v) is 5.34. The fraction of sp³-hybridized carbons (Fsp3) is 0.455. The number of anilines is 1. The van der Waals surface area contributed by atoms with Crippen LogP contribution < -0.4 is 10.6 Å². The molecule has 2 atom stereocenters. The minimum atomic E-state index is -0.309. The number of nitrogens with one attached hydrogen (secondary N) is 2. The Bertz CT molecular complexity index is 356. The summed E-state index contributed by atoms with van der Waals surface area (Å²) >= 11 is 0. The van der Waals surface area contributed by atoms with Crippen molar-refractivity contribution >= 4 is 11.7 Å². The predicted octanol–water partition coefficient (Wildman–Crippen LogP) is 0.397. The van der Waals surface area contributed by atoms with E-state index in [0.717, 1.165) is 0 Å². The molecule has 0 saturated carbocycles. The van der Waals surface area contributed by atoms with Crippen molar-refractivity contribution in [2.24, 2.45) is 0 Å². The zero-order valence-electron chi connectivity index (χ0n) is 9.14. The minimum absolute atomic E-state index is 0.106. The molecule has 16 heavy (non-hydrogen) atoms. The summed E-state index contributed by atoms with van der Waals surface area (Å²) in [5.41, 5.74) is 0. The molecular formula is C11H15N3O2. The second-order valence-corrected chi connectivity index (χ2v) is 3.71. The monoisotopic (exact) mass is 221 g/mol. The Kier molecular flexibility index (Phi) is 3.48. The zero-order valence-corrected chi connectivity index (χ0v) is 9.14. The molecule has 2 heterocycles. The van der Waals surface area contributed by atoms with Gasteiger partial charge in [0.15, 0.2) is 0 Å². The summed E-state index contributed by atoms with van der Waals surface area (Å²) in [5, 5.41) is 5.87. The molecule has 0 radical (unpaired) electrons. The first-order valence-electron chi connectivity index (χ1n) is 5.34. The van der Waals surface area contributed by atoms with Crippen LogP contribution in [0.5, 0.6) is 0 Å². The molecule has 0 aromatic carbocycles. The van der Waals surface area contributed by atoms with E-state index >= 15 is 0 Å². The van der Waals surface area contributed by atoms with Crippen molar-refractivity contribution in [3.05, 3.63) is 24.4 Å². The molecule has 1 aliphatic rings. The van der Waals surface area contributed by atoms with Gasteiger partial charge in [-0.1, -0.05) is 6.07 Å². The van der Waals surface area contributed by atoms with Gasteiger partial charge >= 0.3 is 0 Å². The van der Waals surface area contributed by atoms with Crippen LogP contribution in [0, 0.1) is 0 Å². The van der Waals surface area contributed by atoms with E-state index in [1.165, 1.54) is 0 Å². The van der Waals surface area contributed by atoms with Gasteiger partial charge in [-0.3, -0.25) is 4.79 Å². The Morgan fingerprint density at radius 1 is 1.62 bits per heavy atom. The lowest BCUT2D eigenvalue weighted by molar-refractivity contribution is -0.123. The van der Waals surface area contributed by atoms with Crippen molar-refractivity contribution in [2.45, 2.75) is 19.1 Å². The third kappa shape index (κ3) is 2.56. The van der Waals surface area contributed by atoms with E-state index in [1.807, 2.05) is 13.0 Å². The Hall–Kier alpha value is -1.46. The Balaban J connectivity index is 1.97. The van der Waals surface area contributed by atoms with E-state index in [1.54, 1.807) is 18.3 Å². The lowest BCUT2D eigenvalue weighted by Crippen LogP contribution is -2.53. The molecular weight excluding hydrogens is 206 g/mol. The fourth-order valence-corrected chi connectivity index (χ4v) is 1.67. The van der Waals surface area contributed by atoms with Gasteiger partial charge in [0.05, 0.1) is 12.7 Å². The van der Waals surface area contributed by atoms with Crippen molar-refractivity contribution in [3.8, 4) is 0 Å². The molecule has 1 amide bonds. The van der Waals surface area contributed by atoms with Crippen LogP contribution in [-0.2, 0) is 9.53 Å². The third-order valence-electron chi connectivity index (χ3n) is 2.52. The van der Waals surface area contributed by atoms with Gasteiger partial charge in [0, 0.05) is 12.7 Å². The Morgan fingerprint density at radius 3 is 3.19 bits per heavy atom. The molecule has 1 aromatic heterocycles. The van der Waals surface area contributed by atoms with Crippen LogP contribution >= 0.6 is 0 Å². The molecule has 1 aromatic rings. The number of nitrogens with zero attached hydrogens (tertiary/aromatic N) is 1. The second-order valence-electron chi connectivity index (χ2n) is 3.71. The van der Waals surface area contributed by atoms with E-state index in [4.69, 9.17) is 4.74 Å². The molecule has 0 bridgehead atoms. The van der Waals surface area contributed by atoms with E-state index < -0.39 is 0 Å². The number of carbonyl (C=O) groups excluding carboxylic acids is 1. The summed E-state index contributed by atoms with van der Waals surface area (Å²) in [5.74, 6) is 0.456. The summed E-state index contributed by atoms with van der Waals surface area (Å²) in [4.78, 5) is 15.9. The Morgan fingerprint density at radius 2 is 2.50 bits per heavy atom. The summed E-state index contributed by atoms with van der Waals surface area (Å²) in [6.45, 7) is 3.23. The van der Waals surface area contributed by atoms with E-state index in [-0.39, 0.29) is 18.1 Å². The van der Waals surface area contributed by atoms with Crippen molar-refractivity contribution in [1.29, 1.82) is 0 Å². The van der Waals surface area contributed by atoms with Crippen LogP contribution in [0.4, 0.5) is 5.82 Å². The summed E-state index contributed by atoms with van der Waals surface area (Å²) in [7, 11) is 0. The first kappa shape index (κ1) is 11.0. The number of rotatable bonds is 2. The van der Waals surface area contributed by atoms with E-state index in [2.05, 4.69) is 15.6 Å². The van der Waals surface area contributed by atoms with Gasteiger partial charge in [-0.2, -0.15) is 0 Å². The van der Waals surface area contributed by atoms with Gasteiger partial charge < -0.3 is 15.4 Å². The number of ether oxygens (including phenoxy) is 1. The number of hydrogen-bond acceptors (Lipinski definition) is 4. The maximum Gasteiger partial charge on any atom is 0.245 e. The van der Waals surface area contributed by atoms with Crippen LogP contribution in [0.2, 0.25) is 0 Å². The van der Waals surface area contributed by atoms with Crippen molar-refractivity contribution in [2.75, 3.05) is 18.5 Å². The largest absolute Gasteiger partial charge is 0.375 e. The Labute approximate surface area is 94.2 Å². The predicted molar refractivity (Wildman–Crippen MR) is 60.1 cm³/mol. The van der Waals surface area contributed by atoms with Crippen molar-refractivity contribution in [1.82, 2.24) is 10.3 Å². The van der Waals surface area contributed by atoms with Crippen molar-refractivity contribution < 1.29 is 9.53 Å². The molecule has 2 rings (SSSR count). The molecule has 1 aliphatic heterocycles. The van der Waals surface area contributed by atoms with Gasteiger partial charge in [-0.25, -0.2) is 4.98 Å². The quantitative estimate of drug-likeness (QED) is 0.758. The SMILES string of the molecule is C[C@H]1OCCN[C@@H]1C(=O)Nc1ccccn1. The molecule has 5 nitrogen and oxygen atoms in total. The number of amides is 1. The average molecular weight is 221 g/mol. The summed E-state index contributed by atoms with van der Waals surface area (Å²) in [6, 6.07) is 5.08. The van der Waals surface area contributed by atoms with Gasteiger partial charge in [-0.05, 0) is 19.1 Å². The molecule has 86 valence electrons.